The number of halogens is 1. The van der Waals surface area contributed by atoms with Gasteiger partial charge in [-0.2, -0.15) is 0 Å². The molecule has 2 N–H and O–H groups in total. The van der Waals surface area contributed by atoms with Gasteiger partial charge >= 0.3 is 0 Å². The fourth-order valence-corrected chi connectivity index (χ4v) is 3.05. The van der Waals surface area contributed by atoms with Crippen molar-refractivity contribution in [2.75, 3.05) is 19.7 Å². The van der Waals surface area contributed by atoms with E-state index in [0.29, 0.717) is 13.2 Å². The van der Waals surface area contributed by atoms with Gasteiger partial charge in [-0.25, -0.2) is 4.99 Å². The molecule has 0 saturated carbocycles. The molecule has 1 heterocycles. The molecule has 1 aliphatic heterocycles. The van der Waals surface area contributed by atoms with Crippen LogP contribution in [-0.4, -0.2) is 31.8 Å². The van der Waals surface area contributed by atoms with Crippen LogP contribution in [-0.2, 0) is 24.3 Å². The molecule has 1 atom stereocenters. The normalized spacial score (nSPS) is 15.4. The van der Waals surface area contributed by atoms with E-state index < -0.39 is 0 Å². The highest BCUT2D eigenvalue weighted by molar-refractivity contribution is 14.0. The fraction of sp³-hybridized carbons (Fsp3) is 0.409. The van der Waals surface area contributed by atoms with Crippen molar-refractivity contribution in [1.82, 2.24) is 10.6 Å². The molecule has 0 fully saturated rings. The van der Waals surface area contributed by atoms with Gasteiger partial charge in [0, 0.05) is 19.6 Å². The van der Waals surface area contributed by atoms with Gasteiger partial charge in [0.25, 0.3) is 0 Å². The average molecular weight is 495 g/mol. The molecule has 2 aromatic rings. The van der Waals surface area contributed by atoms with Gasteiger partial charge in [0.1, 0.15) is 11.9 Å². The number of nitrogens with one attached hydrogen (secondary N) is 2. The van der Waals surface area contributed by atoms with E-state index in [-0.39, 0.29) is 30.1 Å². The Hall–Kier alpha value is -1.80. The van der Waals surface area contributed by atoms with Gasteiger partial charge in [-0.3, -0.25) is 0 Å². The molecule has 0 spiro atoms. The van der Waals surface area contributed by atoms with Crippen molar-refractivity contribution in [3.05, 3.63) is 65.2 Å². The highest BCUT2D eigenvalue weighted by atomic mass is 127. The van der Waals surface area contributed by atoms with Gasteiger partial charge in [-0.05, 0) is 36.6 Å². The minimum atomic E-state index is 0. The largest absolute Gasteiger partial charge is 0.488 e. The molecule has 6 heteroatoms. The van der Waals surface area contributed by atoms with E-state index in [1.807, 2.05) is 19.1 Å². The van der Waals surface area contributed by atoms with Gasteiger partial charge in [0.05, 0.1) is 19.7 Å². The van der Waals surface area contributed by atoms with Crippen LogP contribution in [0.5, 0.6) is 5.75 Å². The van der Waals surface area contributed by atoms with E-state index in [1.54, 1.807) is 0 Å². The lowest BCUT2D eigenvalue weighted by atomic mass is 10.1. The molecular formula is C22H30IN3O2. The third kappa shape index (κ3) is 6.67. The number of benzene rings is 2. The Morgan fingerprint density at radius 2 is 1.82 bits per heavy atom. The van der Waals surface area contributed by atoms with Gasteiger partial charge in [0.2, 0.25) is 0 Å². The van der Waals surface area contributed by atoms with Crippen molar-refractivity contribution < 1.29 is 9.47 Å². The van der Waals surface area contributed by atoms with Crippen LogP contribution >= 0.6 is 24.0 Å². The monoisotopic (exact) mass is 495 g/mol. The molecule has 0 saturated heterocycles. The fourth-order valence-electron chi connectivity index (χ4n) is 3.05. The maximum atomic E-state index is 5.99. The molecule has 152 valence electrons. The first-order valence-electron chi connectivity index (χ1n) is 9.70. The first-order valence-corrected chi connectivity index (χ1v) is 9.70. The third-order valence-corrected chi connectivity index (χ3v) is 4.47. The lowest BCUT2D eigenvalue weighted by molar-refractivity contribution is 0.134. The van der Waals surface area contributed by atoms with Crippen LogP contribution in [0.2, 0.25) is 0 Å². The summed E-state index contributed by atoms with van der Waals surface area (Å²) in [6.45, 7) is 7.66. The number of guanidine groups is 1. The molecule has 3 rings (SSSR count). The summed E-state index contributed by atoms with van der Waals surface area (Å²) in [7, 11) is 0. The topological polar surface area (TPSA) is 54.9 Å². The molecular weight excluding hydrogens is 465 g/mol. The van der Waals surface area contributed by atoms with E-state index in [0.717, 1.165) is 37.8 Å². The lowest BCUT2D eigenvalue weighted by Crippen LogP contribution is -2.42. The minimum absolute atomic E-state index is 0. The zero-order chi connectivity index (χ0) is 18.9. The van der Waals surface area contributed by atoms with Crippen LogP contribution in [0.25, 0.3) is 0 Å². The Morgan fingerprint density at radius 1 is 1.07 bits per heavy atom. The number of aliphatic imine (C=N–C) groups is 1. The van der Waals surface area contributed by atoms with Crippen molar-refractivity contribution in [2.45, 2.75) is 39.5 Å². The van der Waals surface area contributed by atoms with Gasteiger partial charge < -0.3 is 20.1 Å². The summed E-state index contributed by atoms with van der Waals surface area (Å²) < 4.78 is 11.4. The molecule has 1 aliphatic rings. The maximum absolute atomic E-state index is 5.99. The Kier molecular flexibility index (Phi) is 9.57. The summed E-state index contributed by atoms with van der Waals surface area (Å²) >= 11 is 0. The van der Waals surface area contributed by atoms with Crippen molar-refractivity contribution in [1.29, 1.82) is 0 Å². The third-order valence-electron chi connectivity index (χ3n) is 4.47. The number of hydrogen-bond acceptors (Lipinski definition) is 3. The van der Waals surface area contributed by atoms with E-state index in [1.165, 1.54) is 16.7 Å². The van der Waals surface area contributed by atoms with Crippen molar-refractivity contribution in [3.63, 3.8) is 0 Å². The maximum Gasteiger partial charge on any atom is 0.191 e. The zero-order valence-electron chi connectivity index (χ0n) is 16.6. The van der Waals surface area contributed by atoms with Gasteiger partial charge in [0.15, 0.2) is 5.96 Å². The van der Waals surface area contributed by atoms with Crippen LogP contribution in [0, 0.1) is 0 Å². The molecule has 0 bridgehead atoms. The molecule has 1 unspecified atom stereocenters. The van der Waals surface area contributed by atoms with Crippen LogP contribution < -0.4 is 15.4 Å². The van der Waals surface area contributed by atoms with Crippen molar-refractivity contribution >= 4 is 29.9 Å². The Labute approximate surface area is 184 Å². The van der Waals surface area contributed by atoms with Crippen LogP contribution in [0.15, 0.2) is 53.5 Å². The smallest absolute Gasteiger partial charge is 0.191 e. The molecule has 2 aromatic carbocycles. The van der Waals surface area contributed by atoms with E-state index in [9.17, 15) is 0 Å². The Bertz CT molecular complexity index is 725. The molecule has 0 amide bonds. The zero-order valence-corrected chi connectivity index (χ0v) is 18.9. The predicted octanol–water partition coefficient (Wildman–Crippen LogP) is 3.90. The summed E-state index contributed by atoms with van der Waals surface area (Å²) in [6, 6.07) is 16.7. The predicted molar refractivity (Wildman–Crippen MR) is 125 cm³/mol. The quantitative estimate of drug-likeness (QED) is 0.332. The highest BCUT2D eigenvalue weighted by Crippen LogP contribution is 2.27. The van der Waals surface area contributed by atoms with Crippen LogP contribution in [0.3, 0.4) is 0 Å². The standard InChI is InChI=1S/C22H29N3O2.HI/c1-3-23-22(24-14-17-9-11-18(12-10-17)16-26-4-2)25-15-20-13-19-7-5-6-8-21(19)27-20;/h5-12,20H,3-4,13-16H2,1-2H3,(H2,23,24,25);1H. The molecule has 0 aliphatic carbocycles. The number of fused-ring (bicyclic) bond motifs is 1. The second-order valence-electron chi connectivity index (χ2n) is 6.58. The number of rotatable bonds is 8. The van der Waals surface area contributed by atoms with E-state index >= 15 is 0 Å². The van der Waals surface area contributed by atoms with E-state index in [4.69, 9.17) is 14.5 Å². The molecule has 0 aromatic heterocycles. The van der Waals surface area contributed by atoms with E-state index in [2.05, 4.69) is 54.0 Å². The number of hydrogen-bond donors (Lipinski definition) is 2. The van der Waals surface area contributed by atoms with Crippen molar-refractivity contribution in [3.8, 4) is 5.75 Å². The average Bonchev–Trinajstić information content (AvgIpc) is 3.12. The summed E-state index contributed by atoms with van der Waals surface area (Å²) in [6.07, 6.45) is 1.08. The van der Waals surface area contributed by atoms with Crippen LogP contribution in [0.1, 0.15) is 30.5 Å². The summed E-state index contributed by atoms with van der Waals surface area (Å²) in [5.74, 6) is 1.81. The van der Waals surface area contributed by atoms with Gasteiger partial charge in [-0.1, -0.05) is 42.5 Å². The number of para-hydroxylation sites is 1. The second-order valence-corrected chi connectivity index (χ2v) is 6.58. The number of nitrogens with zero attached hydrogens (tertiary/aromatic N) is 1. The minimum Gasteiger partial charge on any atom is -0.488 e. The summed E-state index contributed by atoms with van der Waals surface area (Å²) in [5, 5.41) is 6.70. The summed E-state index contributed by atoms with van der Waals surface area (Å²) in [5.41, 5.74) is 3.64. The molecule has 28 heavy (non-hydrogen) atoms. The number of ether oxygens (including phenoxy) is 2. The first-order chi connectivity index (χ1) is 13.3. The van der Waals surface area contributed by atoms with Crippen LogP contribution in [0.4, 0.5) is 0 Å². The first kappa shape index (κ1) is 22.5. The molecule has 0 radical (unpaired) electrons. The Balaban J connectivity index is 0.00000280. The van der Waals surface area contributed by atoms with Crippen molar-refractivity contribution in [2.24, 2.45) is 4.99 Å². The second kappa shape index (κ2) is 11.9. The molecule has 5 nitrogen and oxygen atoms in total. The summed E-state index contributed by atoms with van der Waals surface area (Å²) in [4.78, 5) is 4.69. The highest BCUT2D eigenvalue weighted by Gasteiger charge is 2.22. The Morgan fingerprint density at radius 3 is 2.54 bits per heavy atom. The SMILES string of the molecule is CCNC(=NCc1ccc(COCC)cc1)NCC1Cc2ccccc2O1.I. The lowest BCUT2D eigenvalue weighted by Gasteiger charge is -2.15. The van der Waals surface area contributed by atoms with Gasteiger partial charge in [-0.15, -0.1) is 24.0 Å².